The van der Waals surface area contributed by atoms with E-state index in [9.17, 15) is 0 Å². The maximum atomic E-state index is 5.90. The van der Waals surface area contributed by atoms with Crippen LogP contribution in [-0.4, -0.2) is 18.1 Å². The third-order valence-electron chi connectivity index (χ3n) is 2.62. The summed E-state index contributed by atoms with van der Waals surface area (Å²) in [4.78, 5) is 0. The van der Waals surface area contributed by atoms with Crippen LogP contribution in [0.25, 0.3) is 0 Å². The van der Waals surface area contributed by atoms with E-state index in [4.69, 9.17) is 5.73 Å². The average molecular weight is 156 g/mol. The molecule has 0 spiro atoms. The summed E-state index contributed by atoms with van der Waals surface area (Å²) < 4.78 is 0. The Hall–Kier alpha value is -0.0800. The van der Waals surface area contributed by atoms with Gasteiger partial charge < -0.3 is 11.1 Å². The maximum Gasteiger partial charge on any atom is 0.0167 e. The zero-order valence-electron chi connectivity index (χ0n) is 7.69. The molecule has 1 rings (SSSR count). The van der Waals surface area contributed by atoms with Crippen molar-refractivity contribution in [3.8, 4) is 0 Å². The lowest BCUT2D eigenvalue weighted by atomic mass is 9.81. The molecule has 0 aromatic rings. The fraction of sp³-hybridized carbons (Fsp3) is 1.00. The minimum atomic E-state index is 0.326. The molecule has 0 heterocycles. The minimum Gasteiger partial charge on any atom is -0.328 e. The van der Waals surface area contributed by atoms with Crippen molar-refractivity contribution in [3.05, 3.63) is 0 Å². The molecule has 0 saturated heterocycles. The topological polar surface area (TPSA) is 38.0 Å². The van der Waals surface area contributed by atoms with Gasteiger partial charge in [-0.3, -0.25) is 0 Å². The Morgan fingerprint density at radius 1 is 1.64 bits per heavy atom. The van der Waals surface area contributed by atoms with Crippen molar-refractivity contribution in [1.29, 1.82) is 0 Å². The Bertz CT molecular complexity index is 121. The molecular formula is C9H20N2. The van der Waals surface area contributed by atoms with Crippen molar-refractivity contribution in [2.75, 3.05) is 6.54 Å². The molecule has 11 heavy (non-hydrogen) atoms. The third-order valence-corrected chi connectivity index (χ3v) is 2.62. The predicted octanol–water partition coefficient (Wildman–Crippen LogP) is 1.26. The Kier molecular flexibility index (Phi) is 2.90. The Morgan fingerprint density at radius 3 is 2.91 bits per heavy atom. The van der Waals surface area contributed by atoms with Crippen LogP contribution in [0.2, 0.25) is 0 Å². The van der Waals surface area contributed by atoms with Crippen molar-refractivity contribution in [3.63, 3.8) is 0 Å². The molecule has 2 heteroatoms. The summed E-state index contributed by atoms with van der Waals surface area (Å²) in [6, 6.07) is 0.424. The highest BCUT2D eigenvalue weighted by molar-refractivity contribution is 4.90. The molecule has 3 N–H and O–H groups in total. The van der Waals surface area contributed by atoms with E-state index in [0.717, 1.165) is 13.0 Å². The van der Waals surface area contributed by atoms with Gasteiger partial charge in [-0.05, 0) is 32.7 Å². The summed E-state index contributed by atoms with van der Waals surface area (Å²) in [6.45, 7) is 5.50. The first-order valence-electron chi connectivity index (χ1n) is 4.67. The van der Waals surface area contributed by atoms with Gasteiger partial charge in [0.15, 0.2) is 0 Å². The highest BCUT2D eigenvalue weighted by atomic mass is 15.0. The standard InChI is InChI=1S/C9H20N2/c1-3-11-9(2)6-4-5-8(10)7-9/h8,11H,3-7,10H2,1-2H3/t8-,9?/m1/s1. The second-order valence-corrected chi connectivity index (χ2v) is 3.95. The molecule has 0 aliphatic heterocycles. The molecule has 0 radical (unpaired) electrons. The predicted molar refractivity (Wildman–Crippen MR) is 48.5 cm³/mol. The first-order chi connectivity index (χ1) is 5.16. The van der Waals surface area contributed by atoms with Crippen LogP contribution >= 0.6 is 0 Å². The van der Waals surface area contributed by atoms with Crippen LogP contribution < -0.4 is 11.1 Å². The Labute approximate surface area is 69.5 Å². The van der Waals surface area contributed by atoms with E-state index in [1.807, 2.05) is 0 Å². The minimum absolute atomic E-state index is 0.326. The number of nitrogens with one attached hydrogen (secondary N) is 1. The van der Waals surface area contributed by atoms with Gasteiger partial charge in [0.05, 0.1) is 0 Å². The molecule has 1 aliphatic rings. The third kappa shape index (κ3) is 2.46. The van der Waals surface area contributed by atoms with Crippen molar-refractivity contribution >= 4 is 0 Å². The van der Waals surface area contributed by atoms with Crippen LogP contribution in [0, 0.1) is 0 Å². The molecule has 0 bridgehead atoms. The number of rotatable bonds is 2. The molecule has 66 valence electrons. The molecule has 1 unspecified atom stereocenters. The van der Waals surface area contributed by atoms with Crippen molar-refractivity contribution < 1.29 is 0 Å². The second kappa shape index (κ2) is 3.55. The lowest BCUT2D eigenvalue weighted by Crippen LogP contribution is -2.49. The van der Waals surface area contributed by atoms with Crippen LogP contribution in [-0.2, 0) is 0 Å². The molecule has 2 nitrogen and oxygen atoms in total. The summed E-state index contributed by atoms with van der Waals surface area (Å²) in [5.74, 6) is 0. The van der Waals surface area contributed by atoms with Gasteiger partial charge in [-0.2, -0.15) is 0 Å². The first-order valence-corrected chi connectivity index (χ1v) is 4.67. The van der Waals surface area contributed by atoms with Gasteiger partial charge in [-0.1, -0.05) is 13.3 Å². The molecule has 0 amide bonds. The second-order valence-electron chi connectivity index (χ2n) is 3.95. The fourth-order valence-electron chi connectivity index (χ4n) is 2.12. The summed E-state index contributed by atoms with van der Waals surface area (Å²) in [7, 11) is 0. The molecule has 1 saturated carbocycles. The van der Waals surface area contributed by atoms with Gasteiger partial charge in [0.25, 0.3) is 0 Å². The monoisotopic (exact) mass is 156 g/mol. The number of nitrogens with two attached hydrogens (primary N) is 1. The maximum absolute atomic E-state index is 5.90. The van der Waals surface area contributed by atoms with Crippen LogP contribution in [0.4, 0.5) is 0 Å². The average Bonchev–Trinajstić information content (AvgIpc) is 1.86. The van der Waals surface area contributed by atoms with E-state index in [0.29, 0.717) is 11.6 Å². The highest BCUT2D eigenvalue weighted by Gasteiger charge is 2.29. The quantitative estimate of drug-likeness (QED) is 0.631. The zero-order chi connectivity index (χ0) is 8.32. The van der Waals surface area contributed by atoms with Gasteiger partial charge in [-0.15, -0.1) is 0 Å². The zero-order valence-corrected chi connectivity index (χ0v) is 7.69. The SMILES string of the molecule is CCNC1(C)CCC[C@@H](N)C1. The van der Waals surface area contributed by atoms with Gasteiger partial charge in [-0.25, -0.2) is 0 Å². The van der Waals surface area contributed by atoms with Gasteiger partial charge in [0.2, 0.25) is 0 Å². The molecule has 1 fully saturated rings. The lowest BCUT2D eigenvalue weighted by molar-refractivity contribution is 0.237. The first kappa shape index (κ1) is 9.01. The fourth-order valence-corrected chi connectivity index (χ4v) is 2.12. The van der Waals surface area contributed by atoms with E-state index in [1.54, 1.807) is 0 Å². The summed E-state index contributed by atoms with van der Waals surface area (Å²) in [6.07, 6.45) is 4.92. The Balaban J connectivity index is 2.41. The highest BCUT2D eigenvalue weighted by Crippen LogP contribution is 2.26. The molecule has 0 aromatic carbocycles. The lowest BCUT2D eigenvalue weighted by Gasteiger charge is -2.37. The van der Waals surface area contributed by atoms with Crippen LogP contribution in [0.15, 0.2) is 0 Å². The van der Waals surface area contributed by atoms with E-state index in [-0.39, 0.29) is 0 Å². The Morgan fingerprint density at radius 2 is 2.36 bits per heavy atom. The van der Waals surface area contributed by atoms with Crippen molar-refractivity contribution in [1.82, 2.24) is 5.32 Å². The number of hydrogen-bond donors (Lipinski definition) is 2. The van der Waals surface area contributed by atoms with Gasteiger partial charge in [0, 0.05) is 11.6 Å². The molecular weight excluding hydrogens is 136 g/mol. The summed E-state index contributed by atoms with van der Waals surface area (Å²) in [5.41, 5.74) is 6.23. The summed E-state index contributed by atoms with van der Waals surface area (Å²) >= 11 is 0. The molecule has 0 aromatic heterocycles. The van der Waals surface area contributed by atoms with Gasteiger partial charge >= 0.3 is 0 Å². The summed E-state index contributed by atoms with van der Waals surface area (Å²) in [5, 5.41) is 3.51. The van der Waals surface area contributed by atoms with Crippen LogP contribution in [0.3, 0.4) is 0 Å². The van der Waals surface area contributed by atoms with Crippen molar-refractivity contribution in [2.45, 2.75) is 51.1 Å². The van der Waals surface area contributed by atoms with E-state index < -0.39 is 0 Å². The van der Waals surface area contributed by atoms with E-state index in [2.05, 4.69) is 19.2 Å². The van der Waals surface area contributed by atoms with Crippen molar-refractivity contribution in [2.24, 2.45) is 5.73 Å². The number of hydrogen-bond acceptors (Lipinski definition) is 2. The van der Waals surface area contributed by atoms with E-state index in [1.165, 1.54) is 19.3 Å². The van der Waals surface area contributed by atoms with Gasteiger partial charge in [0.1, 0.15) is 0 Å². The van der Waals surface area contributed by atoms with Crippen LogP contribution in [0.5, 0.6) is 0 Å². The molecule has 1 aliphatic carbocycles. The normalized spacial score (nSPS) is 39.0. The largest absolute Gasteiger partial charge is 0.328 e. The van der Waals surface area contributed by atoms with E-state index >= 15 is 0 Å². The smallest absolute Gasteiger partial charge is 0.0167 e. The molecule has 2 atom stereocenters. The van der Waals surface area contributed by atoms with Crippen LogP contribution in [0.1, 0.15) is 39.5 Å².